The molecule has 1 aromatic carbocycles. The molecule has 1 atom stereocenters. The number of hydrogen-bond acceptors (Lipinski definition) is 5. The zero-order chi connectivity index (χ0) is 20.5. The van der Waals surface area contributed by atoms with Gasteiger partial charge in [0, 0.05) is 31.9 Å². The monoisotopic (exact) mass is 396 g/mol. The Labute approximate surface area is 161 Å². The van der Waals surface area contributed by atoms with Gasteiger partial charge in [-0.15, -0.1) is 0 Å². The summed E-state index contributed by atoms with van der Waals surface area (Å²) in [7, 11) is 0. The molecule has 1 fully saturated rings. The topological polar surface area (TPSA) is 75.6 Å². The molecule has 28 heavy (non-hydrogen) atoms. The normalized spacial score (nSPS) is 16.5. The van der Waals surface area contributed by atoms with Crippen molar-refractivity contribution < 1.29 is 22.4 Å². The maximum atomic E-state index is 12.9. The molecular formula is C19H23F3N4O2. The molecule has 1 aromatic heterocycles. The van der Waals surface area contributed by atoms with Gasteiger partial charge in [0.05, 0.1) is 11.6 Å². The van der Waals surface area contributed by atoms with Crippen LogP contribution in [0.5, 0.6) is 0 Å². The van der Waals surface area contributed by atoms with Crippen molar-refractivity contribution in [2.24, 2.45) is 11.7 Å². The molecule has 0 bridgehead atoms. The Balaban J connectivity index is 1.63. The van der Waals surface area contributed by atoms with E-state index in [0.717, 1.165) is 12.1 Å². The molecule has 1 saturated heterocycles. The number of halogens is 3. The van der Waals surface area contributed by atoms with Crippen molar-refractivity contribution in [1.29, 1.82) is 0 Å². The highest BCUT2D eigenvalue weighted by Crippen LogP contribution is 2.32. The Morgan fingerprint density at radius 3 is 2.50 bits per heavy atom. The van der Waals surface area contributed by atoms with E-state index in [9.17, 15) is 18.0 Å². The largest absolute Gasteiger partial charge is 0.446 e. The molecular weight excluding hydrogens is 373 g/mol. The van der Waals surface area contributed by atoms with Gasteiger partial charge in [0.15, 0.2) is 5.69 Å². The van der Waals surface area contributed by atoms with Gasteiger partial charge in [-0.1, -0.05) is 19.9 Å². The molecule has 2 aromatic rings. The van der Waals surface area contributed by atoms with Gasteiger partial charge in [0.2, 0.25) is 5.89 Å². The second kappa shape index (κ2) is 7.83. The Morgan fingerprint density at radius 2 is 1.89 bits per heavy atom. The lowest BCUT2D eigenvalue weighted by molar-refractivity contribution is -0.137. The SMILES string of the molecule is CC(C)C(N)c1nc(C(=O)N2CCN(c3cccc(C(F)(F)F)c3)CC2)co1. The average molecular weight is 396 g/mol. The molecule has 2 N–H and O–H groups in total. The lowest BCUT2D eigenvalue weighted by Crippen LogP contribution is -2.49. The number of benzene rings is 1. The molecule has 3 rings (SSSR count). The zero-order valence-corrected chi connectivity index (χ0v) is 15.7. The quantitative estimate of drug-likeness (QED) is 0.858. The van der Waals surface area contributed by atoms with E-state index < -0.39 is 11.7 Å². The molecule has 1 aliphatic rings. The van der Waals surface area contributed by atoms with E-state index in [2.05, 4.69) is 4.98 Å². The fraction of sp³-hybridized carbons (Fsp3) is 0.474. The van der Waals surface area contributed by atoms with Crippen molar-refractivity contribution in [3.05, 3.63) is 47.7 Å². The minimum Gasteiger partial charge on any atom is -0.446 e. The fourth-order valence-electron chi connectivity index (χ4n) is 3.03. The maximum Gasteiger partial charge on any atom is 0.416 e. The number of aromatic nitrogens is 1. The lowest BCUT2D eigenvalue weighted by atomic mass is 10.1. The summed E-state index contributed by atoms with van der Waals surface area (Å²) >= 11 is 0. The number of alkyl halides is 3. The second-order valence-electron chi connectivity index (χ2n) is 7.17. The van der Waals surface area contributed by atoms with Crippen molar-refractivity contribution in [3.8, 4) is 0 Å². The smallest absolute Gasteiger partial charge is 0.416 e. The molecule has 2 heterocycles. The van der Waals surface area contributed by atoms with E-state index in [1.54, 1.807) is 11.0 Å². The van der Waals surface area contributed by atoms with Crippen molar-refractivity contribution >= 4 is 11.6 Å². The first-order valence-corrected chi connectivity index (χ1v) is 9.09. The van der Waals surface area contributed by atoms with Gasteiger partial charge in [-0.05, 0) is 24.1 Å². The molecule has 0 radical (unpaired) electrons. The highest BCUT2D eigenvalue weighted by molar-refractivity contribution is 5.92. The summed E-state index contributed by atoms with van der Waals surface area (Å²) < 4.78 is 44.0. The number of carbonyl (C=O) groups is 1. The highest BCUT2D eigenvalue weighted by Gasteiger charge is 2.31. The van der Waals surface area contributed by atoms with E-state index in [-0.39, 0.29) is 23.6 Å². The zero-order valence-electron chi connectivity index (χ0n) is 15.7. The van der Waals surface area contributed by atoms with Crippen LogP contribution in [0.15, 0.2) is 34.9 Å². The van der Waals surface area contributed by atoms with Crippen LogP contribution < -0.4 is 10.6 Å². The van der Waals surface area contributed by atoms with Crippen LogP contribution in [0.2, 0.25) is 0 Å². The van der Waals surface area contributed by atoms with E-state index in [0.29, 0.717) is 37.8 Å². The van der Waals surface area contributed by atoms with Crippen LogP contribution in [0.1, 0.15) is 41.8 Å². The average Bonchev–Trinajstić information content (AvgIpc) is 3.16. The van der Waals surface area contributed by atoms with Crippen LogP contribution in [0.3, 0.4) is 0 Å². The van der Waals surface area contributed by atoms with E-state index >= 15 is 0 Å². The first-order chi connectivity index (χ1) is 13.2. The summed E-state index contributed by atoms with van der Waals surface area (Å²) in [6.07, 6.45) is -3.08. The van der Waals surface area contributed by atoms with Crippen molar-refractivity contribution in [3.63, 3.8) is 0 Å². The van der Waals surface area contributed by atoms with E-state index in [1.165, 1.54) is 12.3 Å². The van der Waals surface area contributed by atoms with Gasteiger partial charge in [0.25, 0.3) is 5.91 Å². The number of nitrogens with zero attached hydrogens (tertiary/aromatic N) is 3. The number of rotatable bonds is 4. The first kappa shape index (κ1) is 20.2. The maximum absolute atomic E-state index is 12.9. The standard InChI is InChI=1S/C19H23F3N4O2/c1-12(2)16(23)17-24-15(11-28-17)18(27)26-8-6-25(7-9-26)14-5-3-4-13(10-14)19(20,21)22/h3-5,10-12,16H,6-9,23H2,1-2H3. The molecule has 0 saturated carbocycles. The van der Waals surface area contributed by atoms with Crippen molar-refractivity contribution in [2.75, 3.05) is 31.1 Å². The number of carbonyl (C=O) groups excluding carboxylic acids is 1. The van der Waals surface area contributed by atoms with Crippen LogP contribution in [-0.4, -0.2) is 42.0 Å². The van der Waals surface area contributed by atoms with E-state index in [1.807, 2.05) is 18.7 Å². The van der Waals surface area contributed by atoms with Gasteiger partial charge in [-0.25, -0.2) is 4.98 Å². The summed E-state index contributed by atoms with van der Waals surface area (Å²) in [6, 6.07) is 4.83. The third kappa shape index (κ3) is 4.30. The summed E-state index contributed by atoms with van der Waals surface area (Å²) in [4.78, 5) is 20.3. The number of oxazole rings is 1. The van der Waals surface area contributed by atoms with Crippen LogP contribution in [-0.2, 0) is 6.18 Å². The molecule has 9 heteroatoms. The Morgan fingerprint density at radius 1 is 1.21 bits per heavy atom. The van der Waals surface area contributed by atoms with E-state index in [4.69, 9.17) is 10.2 Å². The Hall–Kier alpha value is -2.55. The van der Waals surface area contributed by atoms with Gasteiger partial charge < -0.3 is 20.0 Å². The summed E-state index contributed by atoms with van der Waals surface area (Å²) in [5.74, 6) is 0.174. The summed E-state index contributed by atoms with van der Waals surface area (Å²) in [5, 5.41) is 0. The number of hydrogen-bond donors (Lipinski definition) is 1. The number of piperazine rings is 1. The third-order valence-corrected chi connectivity index (χ3v) is 4.85. The van der Waals surface area contributed by atoms with Crippen molar-refractivity contribution in [2.45, 2.75) is 26.1 Å². The number of nitrogens with two attached hydrogens (primary N) is 1. The predicted octanol–water partition coefficient (Wildman–Crippen LogP) is 3.31. The predicted molar refractivity (Wildman–Crippen MR) is 97.8 cm³/mol. The molecule has 1 amide bonds. The summed E-state index contributed by atoms with van der Waals surface area (Å²) in [6.45, 7) is 5.50. The minimum atomic E-state index is -4.38. The first-order valence-electron chi connectivity index (χ1n) is 9.09. The fourth-order valence-corrected chi connectivity index (χ4v) is 3.03. The van der Waals surface area contributed by atoms with Gasteiger partial charge in [0.1, 0.15) is 6.26 Å². The lowest BCUT2D eigenvalue weighted by Gasteiger charge is -2.36. The van der Waals surface area contributed by atoms with Crippen LogP contribution in [0.25, 0.3) is 0 Å². The number of amides is 1. The minimum absolute atomic E-state index is 0.123. The Bertz CT molecular complexity index is 827. The molecule has 1 unspecified atom stereocenters. The van der Waals surface area contributed by atoms with Gasteiger partial charge in [-0.2, -0.15) is 13.2 Å². The van der Waals surface area contributed by atoms with Gasteiger partial charge >= 0.3 is 6.18 Å². The molecule has 1 aliphatic heterocycles. The van der Waals surface area contributed by atoms with Crippen molar-refractivity contribution in [1.82, 2.24) is 9.88 Å². The molecule has 0 spiro atoms. The van der Waals surface area contributed by atoms with Gasteiger partial charge in [-0.3, -0.25) is 4.79 Å². The third-order valence-electron chi connectivity index (χ3n) is 4.85. The van der Waals surface area contributed by atoms with Crippen LogP contribution in [0.4, 0.5) is 18.9 Å². The number of anilines is 1. The Kier molecular flexibility index (Phi) is 5.64. The molecule has 0 aliphatic carbocycles. The molecule has 152 valence electrons. The molecule has 6 nitrogen and oxygen atoms in total. The highest BCUT2D eigenvalue weighted by atomic mass is 19.4. The second-order valence-corrected chi connectivity index (χ2v) is 7.17. The van der Waals surface area contributed by atoms with Crippen LogP contribution >= 0.6 is 0 Å². The summed E-state index contributed by atoms with van der Waals surface area (Å²) in [5.41, 5.74) is 5.99. The van der Waals surface area contributed by atoms with Crippen LogP contribution in [0, 0.1) is 5.92 Å².